The second kappa shape index (κ2) is 3.86. The smallest absolute Gasteiger partial charge is 0.165 e. The van der Waals surface area contributed by atoms with Gasteiger partial charge >= 0.3 is 0 Å². The van der Waals surface area contributed by atoms with Crippen molar-refractivity contribution in [1.29, 1.82) is 0 Å². The van der Waals surface area contributed by atoms with Crippen LogP contribution in [0.2, 0.25) is 5.02 Å². The molecule has 0 amide bonds. The quantitative estimate of drug-likeness (QED) is 0.848. The van der Waals surface area contributed by atoms with Crippen molar-refractivity contribution in [3.05, 3.63) is 40.8 Å². The van der Waals surface area contributed by atoms with Crippen molar-refractivity contribution < 1.29 is 4.39 Å². The van der Waals surface area contributed by atoms with Gasteiger partial charge in [-0.05, 0) is 12.1 Å². The van der Waals surface area contributed by atoms with E-state index < -0.39 is 0 Å². The SMILES string of the molecule is Nc1cn(Cc2ccc(Cl)cc2F)nn1. The molecule has 1 aromatic heterocycles. The van der Waals surface area contributed by atoms with Crippen LogP contribution in [-0.2, 0) is 6.54 Å². The van der Waals surface area contributed by atoms with E-state index in [9.17, 15) is 4.39 Å². The number of halogens is 2. The number of nitrogen functional groups attached to an aromatic ring is 1. The fourth-order valence-electron chi connectivity index (χ4n) is 1.22. The molecule has 15 heavy (non-hydrogen) atoms. The Balaban J connectivity index is 2.24. The summed E-state index contributed by atoms with van der Waals surface area (Å²) in [7, 11) is 0. The van der Waals surface area contributed by atoms with Crippen LogP contribution in [0.15, 0.2) is 24.4 Å². The Morgan fingerprint density at radius 2 is 2.27 bits per heavy atom. The second-order valence-corrected chi connectivity index (χ2v) is 3.51. The molecule has 0 bridgehead atoms. The Bertz CT molecular complexity index is 483. The third-order valence-electron chi connectivity index (χ3n) is 1.90. The van der Waals surface area contributed by atoms with Gasteiger partial charge in [0.2, 0.25) is 0 Å². The fraction of sp³-hybridized carbons (Fsp3) is 0.111. The van der Waals surface area contributed by atoms with Crippen LogP contribution >= 0.6 is 11.6 Å². The Kier molecular flexibility index (Phi) is 2.55. The Hall–Kier alpha value is -1.62. The molecule has 1 heterocycles. The van der Waals surface area contributed by atoms with E-state index in [2.05, 4.69) is 10.3 Å². The zero-order valence-corrected chi connectivity index (χ0v) is 8.45. The fourth-order valence-corrected chi connectivity index (χ4v) is 1.37. The topological polar surface area (TPSA) is 56.7 Å². The zero-order chi connectivity index (χ0) is 10.8. The normalized spacial score (nSPS) is 10.5. The molecule has 0 fully saturated rings. The van der Waals surface area contributed by atoms with E-state index in [4.69, 9.17) is 17.3 Å². The van der Waals surface area contributed by atoms with Crippen LogP contribution in [0, 0.1) is 5.82 Å². The lowest BCUT2D eigenvalue weighted by Crippen LogP contribution is -2.02. The molecule has 2 aromatic rings. The molecule has 0 unspecified atom stereocenters. The standard InChI is InChI=1S/C9H8ClFN4/c10-7-2-1-6(8(11)3-7)4-15-5-9(12)13-14-15/h1-3,5H,4,12H2. The third kappa shape index (κ3) is 2.24. The summed E-state index contributed by atoms with van der Waals surface area (Å²) in [4.78, 5) is 0. The highest BCUT2D eigenvalue weighted by molar-refractivity contribution is 6.30. The van der Waals surface area contributed by atoms with Gasteiger partial charge in [0.15, 0.2) is 5.82 Å². The van der Waals surface area contributed by atoms with Gasteiger partial charge in [-0.1, -0.05) is 22.9 Å². The molecule has 0 saturated heterocycles. The maximum atomic E-state index is 13.4. The van der Waals surface area contributed by atoms with E-state index in [1.165, 1.54) is 16.9 Å². The Labute approximate surface area is 90.5 Å². The molecule has 0 aliphatic rings. The number of hydrogen-bond acceptors (Lipinski definition) is 3. The molecule has 0 atom stereocenters. The lowest BCUT2D eigenvalue weighted by atomic mass is 10.2. The average molecular weight is 227 g/mol. The maximum Gasteiger partial charge on any atom is 0.165 e. The summed E-state index contributed by atoms with van der Waals surface area (Å²) in [5.41, 5.74) is 5.88. The van der Waals surface area contributed by atoms with Gasteiger partial charge < -0.3 is 5.73 Å². The van der Waals surface area contributed by atoms with Crippen LogP contribution in [0.4, 0.5) is 10.2 Å². The first-order valence-corrected chi connectivity index (χ1v) is 4.62. The summed E-state index contributed by atoms with van der Waals surface area (Å²) >= 11 is 5.63. The molecule has 0 radical (unpaired) electrons. The van der Waals surface area contributed by atoms with Gasteiger partial charge in [0.05, 0.1) is 12.7 Å². The molecule has 0 aliphatic carbocycles. The molecule has 0 spiro atoms. The van der Waals surface area contributed by atoms with E-state index >= 15 is 0 Å². The lowest BCUT2D eigenvalue weighted by Gasteiger charge is -2.02. The van der Waals surface area contributed by atoms with Gasteiger partial charge in [-0.25, -0.2) is 9.07 Å². The first-order valence-electron chi connectivity index (χ1n) is 4.24. The van der Waals surface area contributed by atoms with Crippen LogP contribution < -0.4 is 5.73 Å². The highest BCUT2D eigenvalue weighted by Gasteiger charge is 2.04. The molecule has 4 nitrogen and oxygen atoms in total. The number of aromatic nitrogens is 3. The van der Waals surface area contributed by atoms with Crippen LogP contribution in [0.25, 0.3) is 0 Å². The molecule has 1 aromatic carbocycles. The van der Waals surface area contributed by atoms with Crippen LogP contribution in [0.5, 0.6) is 0 Å². The molecule has 0 saturated carbocycles. The van der Waals surface area contributed by atoms with Crippen molar-refractivity contribution in [2.45, 2.75) is 6.54 Å². The van der Waals surface area contributed by atoms with Crippen molar-refractivity contribution in [3.63, 3.8) is 0 Å². The van der Waals surface area contributed by atoms with Gasteiger partial charge in [0, 0.05) is 10.6 Å². The Morgan fingerprint density at radius 1 is 1.47 bits per heavy atom. The number of anilines is 1. The number of nitrogens with two attached hydrogens (primary N) is 1. The van der Waals surface area contributed by atoms with Crippen molar-refractivity contribution in [2.75, 3.05) is 5.73 Å². The van der Waals surface area contributed by atoms with E-state index in [-0.39, 0.29) is 12.4 Å². The van der Waals surface area contributed by atoms with Crippen LogP contribution in [-0.4, -0.2) is 15.0 Å². The molecule has 2 N–H and O–H groups in total. The van der Waals surface area contributed by atoms with Gasteiger partial charge in [-0.2, -0.15) is 0 Å². The van der Waals surface area contributed by atoms with Crippen molar-refractivity contribution in [3.8, 4) is 0 Å². The largest absolute Gasteiger partial charge is 0.381 e. The average Bonchev–Trinajstić information content (AvgIpc) is 2.56. The van der Waals surface area contributed by atoms with E-state index in [0.29, 0.717) is 16.4 Å². The molecular formula is C9H8ClFN4. The summed E-state index contributed by atoms with van der Waals surface area (Å²) in [6.45, 7) is 0.285. The van der Waals surface area contributed by atoms with Crippen molar-refractivity contribution in [1.82, 2.24) is 15.0 Å². The summed E-state index contributed by atoms with van der Waals surface area (Å²) in [6, 6.07) is 4.49. The van der Waals surface area contributed by atoms with Gasteiger partial charge in [-0.15, -0.1) is 5.10 Å². The van der Waals surface area contributed by atoms with E-state index in [1.807, 2.05) is 0 Å². The molecule has 2 rings (SSSR count). The zero-order valence-electron chi connectivity index (χ0n) is 7.69. The van der Waals surface area contributed by atoms with Crippen LogP contribution in [0.3, 0.4) is 0 Å². The first kappa shape index (κ1) is 9.92. The number of rotatable bonds is 2. The minimum Gasteiger partial charge on any atom is -0.381 e. The van der Waals surface area contributed by atoms with Gasteiger partial charge in [-0.3, -0.25) is 0 Å². The van der Waals surface area contributed by atoms with E-state index in [0.717, 1.165) is 0 Å². The van der Waals surface area contributed by atoms with Crippen LogP contribution in [0.1, 0.15) is 5.56 Å². The maximum absolute atomic E-state index is 13.4. The van der Waals surface area contributed by atoms with Gasteiger partial charge in [0.25, 0.3) is 0 Å². The predicted molar refractivity (Wildman–Crippen MR) is 54.9 cm³/mol. The molecule has 6 heteroatoms. The second-order valence-electron chi connectivity index (χ2n) is 3.08. The predicted octanol–water partition coefficient (Wildman–Crippen LogP) is 1.70. The monoisotopic (exact) mass is 226 g/mol. The van der Waals surface area contributed by atoms with E-state index in [1.54, 1.807) is 12.1 Å². The highest BCUT2D eigenvalue weighted by atomic mass is 35.5. The summed E-state index contributed by atoms with van der Waals surface area (Å²) < 4.78 is 14.8. The number of hydrogen-bond donors (Lipinski definition) is 1. The summed E-state index contributed by atoms with van der Waals surface area (Å²) in [5, 5.41) is 7.69. The first-order chi connectivity index (χ1) is 7.15. The molecule has 78 valence electrons. The van der Waals surface area contributed by atoms with Crippen molar-refractivity contribution in [2.24, 2.45) is 0 Å². The number of nitrogens with zero attached hydrogens (tertiary/aromatic N) is 3. The van der Waals surface area contributed by atoms with Gasteiger partial charge in [0.1, 0.15) is 5.82 Å². The third-order valence-corrected chi connectivity index (χ3v) is 2.14. The molecular weight excluding hydrogens is 219 g/mol. The molecule has 0 aliphatic heterocycles. The minimum absolute atomic E-state index is 0.285. The lowest BCUT2D eigenvalue weighted by molar-refractivity contribution is 0.577. The minimum atomic E-state index is -0.364. The van der Waals surface area contributed by atoms with Crippen molar-refractivity contribution >= 4 is 17.4 Å². The Morgan fingerprint density at radius 3 is 2.87 bits per heavy atom. The summed E-state index contributed by atoms with van der Waals surface area (Å²) in [6.07, 6.45) is 1.54. The highest BCUT2D eigenvalue weighted by Crippen LogP contribution is 2.15. The number of benzene rings is 1. The summed E-state index contributed by atoms with van der Waals surface area (Å²) in [5.74, 6) is -0.0547.